The zero-order valence-electron chi connectivity index (χ0n) is 44.7. The van der Waals surface area contributed by atoms with Crippen LogP contribution in [0.3, 0.4) is 0 Å². The van der Waals surface area contributed by atoms with Gasteiger partial charge >= 0.3 is 0 Å². The van der Waals surface area contributed by atoms with E-state index in [0.717, 1.165) is 47.5 Å². The monoisotopic (exact) mass is 949 g/mol. The van der Waals surface area contributed by atoms with Crippen LogP contribution in [-0.4, -0.2) is 21.4 Å². The summed E-state index contributed by atoms with van der Waals surface area (Å²) in [5, 5.41) is 6.92. The quantitative estimate of drug-likeness (QED) is 0.178. The summed E-state index contributed by atoms with van der Waals surface area (Å²) in [7, 11) is 2.96. The fourth-order valence-electron chi connectivity index (χ4n) is 14.3. The number of aromatic nitrogens is 3. The lowest BCUT2D eigenvalue weighted by molar-refractivity contribution is 0.332. The maximum Gasteiger partial charge on any atom is 0.198 e. The summed E-state index contributed by atoms with van der Waals surface area (Å²) in [6, 6.07) is 53.6. The maximum absolute atomic E-state index is 5.43. The number of aryl methyl sites for hydroxylation is 1. The van der Waals surface area contributed by atoms with E-state index < -0.39 is 0 Å². The van der Waals surface area contributed by atoms with Gasteiger partial charge in [0.1, 0.15) is 5.82 Å². The summed E-state index contributed by atoms with van der Waals surface area (Å²) in [6.45, 7) is 26.6. The molecule has 8 aromatic carbocycles. The number of benzene rings is 8. The number of nitrogens with zero attached hydrogens (tertiary/aromatic N) is 3. The van der Waals surface area contributed by atoms with Crippen LogP contribution in [0.2, 0.25) is 0 Å². The molecule has 0 saturated carbocycles. The molecule has 360 valence electrons. The molecule has 3 aliphatic carbocycles. The van der Waals surface area contributed by atoms with E-state index in [4.69, 9.17) is 4.98 Å². The molecule has 0 fully saturated rings. The van der Waals surface area contributed by atoms with Crippen LogP contribution >= 0.6 is 0 Å². The van der Waals surface area contributed by atoms with E-state index in [2.05, 4.69) is 237 Å². The van der Waals surface area contributed by atoms with Gasteiger partial charge in [-0.3, -0.25) is 0 Å². The fraction of sp³-hybridized carbons (Fsp3) is 0.279. The van der Waals surface area contributed by atoms with Gasteiger partial charge in [0.2, 0.25) is 0 Å². The second-order valence-electron chi connectivity index (χ2n) is 25.6. The highest BCUT2D eigenvalue weighted by Gasteiger charge is 2.45. The Balaban J connectivity index is 1.16. The highest BCUT2D eigenvalue weighted by atomic mass is 15.1. The van der Waals surface area contributed by atoms with Gasteiger partial charge in [0.05, 0.1) is 16.6 Å². The Labute approximate surface area is 431 Å². The Morgan fingerprint density at radius 1 is 0.575 bits per heavy atom. The highest BCUT2D eigenvalue weighted by Crippen LogP contribution is 2.60. The lowest BCUT2D eigenvalue weighted by atomic mass is 9.57. The van der Waals surface area contributed by atoms with Gasteiger partial charge in [0.25, 0.3) is 0 Å². The van der Waals surface area contributed by atoms with Crippen LogP contribution in [0, 0.1) is 0 Å². The van der Waals surface area contributed by atoms with Crippen molar-refractivity contribution in [3.63, 3.8) is 0 Å². The fourth-order valence-corrected chi connectivity index (χ4v) is 14.3. The molecule has 1 aliphatic heterocycles. The molecule has 0 spiro atoms. The maximum atomic E-state index is 5.43. The van der Waals surface area contributed by atoms with E-state index in [1.54, 1.807) is 0 Å². The third-order valence-electron chi connectivity index (χ3n) is 18.5. The Morgan fingerprint density at radius 3 is 1.92 bits per heavy atom. The number of imidazole rings is 1. The molecule has 10 aromatic rings. The van der Waals surface area contributed by atoms with E-state index in [0.29, 0.717) is 0 Å². The first-order valence-corrected chi connectivity index (χ1v) is 26.8. The van der Waals surface area contributed by atoms with Crippen molar-refractivity contribution < 1.29 is 0 Å². The first-order chi connectivity index (χ1) is 34.7. The summed E-state index contributed by atoms with van der Waals surface area (Å²) in [4.78, 5) is 5.43. The van der Waals surface area contributed by atoms with Crippen LogP contribution in [0.15, 0.2) is 140 Å². The number of hydrogen-bond donors (Lipinski definition) is 1. The minimum atomic E-state index is -0.290. The van der Waals surface area contributed by atoms with Crippen molar-refractivity contribution in [2.75, 3.05) is 5.32 Å². The summed E-state index contributed by atoms with van der Waals surface area (Å²) < 4.78 is 5.03. The number of rotatable bonds is 4. The third kappa shape index (κ3) is 6.06. The molecule has 4 nitrogen and oxygen atoms in total. The molecule has 73 heavy (non-hydrogen) atoms. The molecule has 0 radical (unpaired) electrons. The van der Waals surface area contributed by atoms with Crippen LogP contribution in [0.4, 0.5) is 11.4 Å². The van der Waals surface area contributed by atoms with Crippen molar-refractivity contribution in [1.29, 1.82) is 0 Å². The molecular formula is C68H65BN4. The van der Waals surface area contributed by atoms with Crippen LogP contribution in [0.1, 0.15) is 128 Å². The van der Waals surface area contributed by atoms with Crippen LogP contribution in [-0.2, 0) is 34.1 Å². The second-order valence-corrected chi connectivity index (χ2v) is 25.6. The van der Waals surface area contributed by atoms with Gasteiger partial charge in [-0.2, -0.15) is 0 Å². The van der Waals surface area contributed by atoms with E-state index >= 15 is 0 Å². The van der Waals surface area contributed by atoms with Gasteiger partial charge in [-0.15, -0.1) is 0 Å². The van der Waals surface area contributed by atoms with Gasteiger partial charge in [0.15, 0.2) is 7.28 Å². The van der Waals surface area contributed by atoms with E-state index in [1.807, 2.05) is 0 Å². The summed E-state index contributed by atoms with van der Waals surface area (Å²) >= 11 is 0. The molecule has 0 amide bonds. The summed E-state index contributed by atoms with van der Waals surface area (Å²) in [5.41, 5.74) is 29.7. The van der Waals surface area contributed by atoms with Crippen LogP contribution in [0.5, 0.6) is 0 Å². The topological polar surface area (TPSA) is 34.8 Å². The summed E-state index contributed by atoms with van der Waals surface area (Å²) in [5.74, 6) is 0.988. The number of hydrogen-bond acceptors (Lipinski definition) is 2. The first-order valence-electron chi connectivity index (χ1n) is 26.8. The van der Waals surface area contributed by atoms with Gasteiger partial charge in [-0.05, 0) is 150 Å². The minimum absolute atomic E-state index is 0.0371. The van der Waals surface area contributed by atoms with E-state index in [1.165, 1.54) is 117 Å². The van der Waals surface area contributed by atoms with Crippen LogP contribution < -0.4 is 16.2 Å². The zero-order valence-corrected chi connectivity index (χ0v) is 44.7. The molecule has 2 aromatic heterocycles. The standard InChI is InChI=1S/C68H65BN4/c1-64(2,3)39-26-28-40(29-27-39)70-52-34-48-43(41-22-16-18-24-46(41)67(48,8)9)32-44(52)58-57-42-23-17-19-25-47(42)68(10,11)60(57)59-45-33-49-50(66(6,7)31-30-65(49,4)5)35-54(45)73-55-37-56-53(36-51(55)69-61(58)62(59)73)71-63(72(56)12)38-20-14-13-15-21-38/h13-29,32-37,69-70H,30-31H2,1-12H3. The molecule has 5 heteroatoms. The van der Waals surface area contributed by atoms with Gasteiger partial charge < -0.3 is 14.5 Å². The molecule has 0 bridgehead atoms. The Morgan fingerprint density at radius 2 is 1.22 bits per heavy atom. The predicted octanol–water partition coefficient (Wildman–Crippen LogP) is 15.7. The van der Waals surface area contributed by atoms with Gasteiger partial charge in [-0.1, -0.05) is 173 Å². The lowest BCUT2D eigenvalue weighted by Crippen LogP contribution is -2.38. The Kier molecular flexibility index (Phi) is 8.89. The number of fused-ring (bicyclic) bond motifs is 14. The molecule has 3 heterocycles. The predicted molar refractivity (Wildman–Crippen MR) is 311 cm³/mol. The van der Waals surface area contributed by atoms with E-state index in [-0.39, 0.29) is 27.1 Å². The molecule has 4 aliphatic rings. The third-order valence-corrected chi connectivity index (χ3v) is 18.5. The normalized spacial score (nSPS) is 16.9. The first kappa shape index (κ1) is 44.6. The number of anilines is 2. The summed E-state index contributed by atoms with van der Waals surface area (Å²) in [6.07, 6.45) is 2.33. The minimum Gasteiger partial charge on any atom is -0.355 e. The number of nitrogens with one attached hydrogen (secondary N) is 1. The van der Waals surface area contributed by atoms with Crippen molar-refractivity contribution >= 4 is 62.4 Å². The smallest absolute Gasteiger partial charge is 0.198 e. The van der Waals surface area contributed by atoms with Gasteiger partial charge in [0, 0.05) is 62.4 Å². The molecule has 14 rings (SSSR count). The molecule has 0 unspecified atom stereocenters. The van der Waals surface area contributed by atoms with Crippen molar-refractivity contribution in [3.8, 4) is 50.5 Å². The van der Waals surface area contributed by atoms with Crippen molar-refractivity contribution in [2.45, 2.75) is 116 Å². The average molecular weight is 949 g/mol. The molecule has 1 N–H and O–H groups in total. The van der Waals surface area contributed by atoms with Crippen LogP contribution in [0.25, 0.3) is 83.3 Å². The Bertz CT molecular complexity index is 4050. The molecule has 0 atom stereocenters. The van der Waals surface area contributed by atoms with Crippen molar-refractivity contribution in [3.05, 3.63) is 178 Å². The van der Waals surface area contributed by atoms with Crippen molar-refractivity contribution in [2.24, 2.45) is 7.05 Å². The second kappa shape index (κ2) is 14.6. The van der Waals surface area contributed by atoms with E-state index in [9.17, 15) is 0 Å². The zero-order chi connectivity index (χ0) is 50.5. The SMILES string of the molecule is Cn1c(-c2ccccc2)nc2cc3c(cc21)-n1c2cc4c(cc2c2c5c(c(-c6cc7c(cc6Nc6ccc(C(C)(C)C)cc6)C(C)(C)c6ccccc6-7)c(c21)B3)-c1ccccc1C5(C)C)C(C)(C)CCC4(C)C. The van der Waals surface area contributed by atoms with Gasteiger partial charge in [-0.25, -0.2) is 4.98 Å². The highest BCUT2D eigenvalue weighted by molar-refractivity contribution is 6.74. The molecule has 0 saturated heterocycles. The lowest BCUT2D eigenvalue weighted by Gasteiger charge is -2.42. The Hall–Kier alpha value is -7.11. The average Bonchev–Trinajstić information content (AvgIpc) is 4.03. The largest absolute Gasteiger partial charge is 0.355 e. The van der Waals surface area contributed by atoms with Crippen molar-refractivity contribution in [1.82, 2.24) is 14.1 Å². The molecular weight excluding hydrogens is 884 g/mol.